The second kappa shape index (κ2) is 8.60. The van der Waals surface area contributed by atoms with E-state index in [1.807, 2.05) is 48.5 Å². The highest BCUT2D eigenvalue weighted by atomic mass is 32.2. The molecule has 6 heteroatoms. The second-order valence-electron chi connectivity index (χ2n) is 5.80. The van der Waals surface area contributed by atoms with E-state index in [1.54, 1.807) is 38.1 Å². The van der Waals surface area contributed by atoms with Gasteiger partial charge >= 0.3 is 0 Å². The molecule has 0 amide bonds. The molecule has 0 aliphatic rings. The van der Waals surface area contributed by atoms with E-state index in [1.165, 1.54) is 12.1 Å². The highest BCUT2D eigenvalue weighted by Crippen LogP contribution is 2.41. The number of ether oxygens (including phenoxy) is 2. The lowest BCUT2D eigenvalue weighted by Gasteiger charge is -2.18. The molecule has 3 aromatic carbocycles. The molecule has 138 valence electrons. The first-order valence-corrected chi connectivity index (χ1v) is 9.17. The van der Waals surface area contributed by atoms with E-state index < -0.39 is 4.92 Å². The third-order valence-electron chi connectivity index (χ3n) is 4.14. The summed E-state index contributed by atoms with van der Waals surface area (Å²) in [5, 5.41) is 10.9. The van der Waals surface area contributed by atoms with Crippen LogP contribution in [-0.2, 0) is 0 Å². The third-order valence-corrected chi connectivity index (χ3v) is 5.46. The van der Waals surface area contributed by atoms with Gasteiger partial charge in [0.15, 0.2) is 0 Å². The summed E-state index contributed by atoms with van der Waals surface area (Å²) in [6, 6.07) is 22.5. The predicted molar refractivity (Wildman–Crippen MR) is 107 cm³/mol. The number of rotatable bonds is 7. The molecular formula is C21H19NO4S. The topological polar surface area (TPSA) is 61.6 Å². The summed E-state index contributed by atoms with van der Waals surface area (Å²) in [7, 11) is 3.28. The van der Waals surface area contributed by atoms with E-state index in [9.17, 15) is 10.1 Å². The molecule has 0 unspecified atom stereocenters. The zero-order chi connectivity index (χ0) is 19.2. The van der Waals surface area contributed by atoms with E-state index in [0.29, 0.717) is 0 Å². The quantitative estimate of drug-likeness (QED) is 0.307. The van der Waals surface area contributed by atoms with Gasteiger partial charge in [-0.15, -0.1) is 11.8 Å². The van der Waals surface area contributed by atoms with Crippen molar-refractivity contribution in [3.63, 3.8) is 0 Å². The van der Waals surface area contributed by atoms with Crippen molar-refractivity contribution in [1.29, 1.82) is 0 Å². The van der Waals surface area contributed by atoms with Gasteiger partial charge in [-0.2, -0.15) is 0 Å². The molecule has 0 aromatic heterocycles. The number of nitrogens with zero attached hydrogens (tertiary/aromatic N) is 1. The van der Waals surface area contributed by atoms with Gasteiger partial charge in [-0.3, -0.25) is 10.1 Å². The summed E-state index contributed by atoms with van der Waals surface area (Å²) in [5.74, 6) is 1.60. The van der Waals surface area contributed by atoms with Crippen LogP contribution in [0.1, 0.15) is 16.4 Å². The Labute approximate surface area is 162 Å². The minimum atomic E-state index is -0.390. The number of nitro groups is 1. The largest absolute Gasteiger partial charge is 0.497 e. The Morgan fingerprint density at radius 1 is 0.778 bits per heavy atom. The second-order valence-corrected chi connectivity index (χ2v) is 6.97. The molecule has 0 saturated heterocycles. The smallest absolute Gasteiger partial charge is 0.269 e. The molecule has 0 spiro atoms. The first-order valence-electron chi connectivity index (χ1n) is 8.29. The van der Waals surface area contributed by atoms with Crippen LogP contribution in [0.4, 0.5) is 5.69 Å². The van der Waals surface area contributed by atoms with Crippen LogP contribution < -0.4 is 9.47 Å². The van der Waals surface area contributed by atoms with E-state index in [0.717, 1.165) is 27.5 Å². The average molecular weight is 381 g/mol. The van der Waals surface area contributed by atoms with Gasteiger partial charge < -0.3 is 9.47 Å². The van der Waals surface area contributed by atoms with Gasteiger partial charge in [0.05, 0.1) is 24.4 Å². The zero-order valence-electron chi connectivity index (χ0n) is 15.0. The lowest BCUT2D eigenvalue weighted by atomic mass is 10.0. The molecule has 5 nitrogen and oxygen atoms in total. The van der Waals surface area contributed by atoms with Gasteiger partial charge in [-0.05, 0) is 47.5 Å². The highest BCUT2D eigenvalue weighted by Gasteiger charge is 2.17. The van der Waals surface area contributed by atoms with Crippen LogP contribution in [-0.4, -0.2) is 19.1 Å². The first kappa shape index (κ1) is 18.8. The van der Waals surface area contributed by atoms with Crippen LogP contribution in [0.2, 0.25) is 0 Å². The van der Waals surface area contributed by atoms with Crippen molar-refractivity contribution in [3.8, 4) is 11.5 Å². The summed E-state index contributed by atoms with van der Waals surface area (Å²) in [4.78, 5) is 11.4. The summed E-state index contributed by atoms with van der Waals surface area (Å²) in [5.41, 5.74) is 2.32. The number of non-ortho nitro benzene ring substituents is 1. The molecule has 0 heterocycles. The van der Waals surface area contributed by atoms with Crippen molar-refractivity contribution in [2.24, 2.45) is 0 Å². The van der Waals surface area contributed by atoms with E-state index in [4.69, 9.17) is 9.47 Å². The number of benzene rings is 3. The molecule has 0 fully saturated rings. The number of nitro benzene ring substituents is 1. The van der Waals surface area contributed by atoms with Crippen molar-refractivity contribution in [2.45, 2.75) is 10.1 Å². The fraction of sp³-hybridized carbons (Fsp3) is 0.143. The molecule has 0 aliphatic heterocycles. The SMILES string of the molecule is COc1ccc(C(Sc2ccc([N+](=O)[O-])cc2)c2ccc(OC)cc2)cc1. The van der Waals surface area contributed by atoms with Crippen molar-refractivity contribution in [2.75, 3.05) is 14.2 Å². The molecule has 27 heavy (non-hydrogen) atoms. The average Bonchev–Trinajstić information content (AvgIpc) is 2.72. The minimum absolute atomic E-state index is 0.0308. The Morgan fingerprint density at radius 3 is 1.59 bits per heavy atom. The maximum atomic E-state index is 10.9. The first-order chi connectivity index (χ1) is 13.1. The molecule has 3 aromatic rings. The Kier molecular flexibility index (Phi) is 5.98. The van der Waals surface area contributed by atoms with Gasteiger partial charge in [0.1, 0.15) is 11.5 Å². The van der Waals surface area contributed by atoms with Gasteiger partial charge in [0, 0.05) is 17.0 Å². The zero-order valence-corrected chi connectivity index (χ0v) is 15.8. The lowest BCUT2D eigenvalue weighted by molar-refractivity contribution is -0.384. The number of methoxy groups -OCH3 is 2. The van der Waals surface area contributed by atoms with Gasteiger partial charge in [-0.25, -0.2) is 0 Å². The Balaban J connectivity index is 1.93. The standard InChI is InChI=1S/C21H19NO4S/c1-25-18-9-3-15(4-10-18)21(16-5-11-19(26-2)12-6-16)27-20-13-7-17(8-14-20)22(23)24/h3-14,21H,1-2H3. The highest BCUT2D eigenvalue weighted by molar-refractivity contribution is 7.99. The molecular weight excluding hydrogens is 362 g/mol. The molecule has 0 radical (unpaired) electrons. The fourth-order valence-electron chi connectivity index (χ4n) is 2.67. The fourth-order valence-corrected chi connectivity index (χ4v) is 3.82. The lowest BCUT2D eigenvalue weighted by Crippen LogP contribution is -1.98. The van der Waals surface area contributed by atoms with Crippen molar-refractivity contribution in [1.82, 2.24) is 0 Å². The van der Waals surface area contributed by atoms with Crippen LogP contribution in [0.15, 0.2) is 77.7 Å². The summed E-state index contributed by atoms with van der Waals surface area (Å²) in [6.07, 6.45) is 0. The summed E-state index contributed by atoms with van der Waals surface area (Å²) in [6.45, 7) is 0. The maximum Gasteiger partial charge on any atom is 0.269 e. The van der Waals surface area contributed by atoms with E-state index in [2.05, 4.69) is 0 Å². The van der Waals surface area contributed by atoms with Crippen LogP contribution in [0.3, 0.4) is 0 Å². The molecule has 0 N–H and O–H groups in total. The van der Waals surface area contributed by atoms with Crippen molar-refractivity contribution >= 4 is 17.4 Å². The van der Waals surface area contributed by atoms with E-state index in [-0.39, 0.29) is 10.9 Å². The van der Waals surface area contributed by atoms with Crippen LogP contribution in [0.5, 0.6) is 11.5 Å². The Morgan fingerprint density at radius 2 is 1.22 bits per heavy atom. The van der Waals surface area contributed by atoms with Crippen molar-refractivity contribution in [3.05, 3.63) is 94.0 Å². The molecule has 3 rings (SSSR count). The summed E-state index contributed by atoms with van der Waals surface area (Å²) < 4.78 is 10.5. The normalized spacial score (nSPS) is 10.6. The Hall–Kier alpha value is -2.99. The van der Waals surface area contributed by atoms with E-state index >= 15 is 0 Å². The van der Waals surface area contributed by atoms with Gasteiger partial charge in [0.2, 0.25) is 0 Å². The number of hydrogen-bond acceptors (Lipinski definition) is 5. The molecule has 0 aliphatic carbocycles. The summed E-state index contributed by atoms with van der Waals surface area (Å²) >= 11 is 1.64. The predicted octanol–water partition coefficient (Wildman–Crippen LogP) is 5.49. The van der Waals surface area contributed by atoms with Gasteiger partial charge in [-0.1, -0.05) is 24.3 Å². The number of thioether (sulfide) groups is 1. The monoisotopic (exact) mass is 381 g/mol. The van der Waals surface area contributed by atoms with Crippen LogP contribution >= 0.6 is 11.8 Å². The third kappa shape index (κ3) is 4.60. The Bertz CT molecular complexity index is 845. The molecule has 0 bridgehead atoms. The minimum Gasteiger partial charge on any atom is -0.497 e. The van der Waals surface area contributed by atoms with Gasteiger partial charge in [0.25, 0.3) is 5.69 Å². The van der Waals surface area contributed by atoms with Crippen LogP contribution in [0.25, 0.3) is 0 Å². The number of hydrogen-bond donors (Lipinski definition) is 0. The molecule has 0 saturated carbocycles. The maximum absolute atomic E-state index is 10.9. The molecule has 0 atom stereocenters. The van der Waals surface area contributed by atoms with Crippen LogP contribution in [0, 0.1) is 10.1 Å². The van der Waals surface area contributed by atoms with Crippen molar-refractivity contribution < 1.29 is 14.4 Å².